The summed E-state index contributed by atoms with van der Waals surface area (Å²) in [5.41, 5.74) is 5.48. The van der Waals surface area contributed by atoms with E-state index in [1.165, 1.54) is 0 Å². The summed E-state index contributed by atoms with van der Waals surface area (Å²) in [6, 6.07) is 13.7. The van der Waals surface area contributed by atoms with Gasteiger partial charge in [0.25, 0.3) is 0 Å². The number of carbonyl (C=O) groups is 2. The van der Waals surface area contributed by atoms with Crippen LogP contribution in [0, 0.1) is 11.3 Å². The molecule has 1 saturated carbocycles. The number of Topliss-reactive ketones (excluding diaryl/α,β-unsaturated/α-hetero) is 1. The quantitative estimate of drug-likeness (QED) is 0.589. The van der Waals surface area contributed by atoms with Crippen LogP contribution in [-0.4, -0.2) is 27.8 Å². The first-order chi connectivity index (χ1) is 15.3. The molecule has 2 N–H and O–H groups in total. The standard InChI is InChI=1S/C26H26FN3O2/c1-26(2)13-20-23(21(31)14-26)18(10-15-6-4-3-5-7-15)24(29-20)16-8-9-28-22(11-16)30-25(32)17-12-19(17)27/h3-9,11,17,19,29H,10,12-14H2,1-2H3,(H,28,30,32)/t17-,19+/m1/s1. The van der Waals surface area contributed by atoms with Gasteiger partial charge in [-0.2, -0.15) is 0 Å². The maximum absolute atomic E-state index is 13.2. The first-order valence-electron chi connectivity index (χ1n) is 11.0. The Kier molecular flexibility index (Phi) is 4.96. The molecule has 2 aliphatic rings. The van der Waals surface area contributed by atoms with Gasteiger partial charge in [0.2, 0.25) is 5.91 Å². The number of aromatic amines is 1. The van der Waals surface area contributed by atoms with E-state index in [1.54, 1.807) is 12.3 Å². The Hall–Kier alpha value is -3.28. The smallest absolute Gasteiger partial charge is 0.231 e. The van der Waals surface area contributed by atoms with Crippen LogP contribution in [0.1, 0.15) is 53.9 Å². The van der Waals surface area contributed by atoms with E-state index in [9.17, 15) is 14.0 Å². The minimum atomic E-state index is -1.06. The molecule has 164 valence electrons. The minimum absolute atomic E-state index is 0.0965. The molecule has 3 aromatic rings. The molecule has 1 amide bonds. The summed E-state index contributed by atoms with van der Waals surface area (Å²) in [5, 5.41) is 2.73. The number of hydrogen-bond acceptors (Lipinski definition) is 3. The maximum atomic E-state index is 13.2. The number of anilines is 1. The maximum Gasteiger partial charge on any atom is 0.231 e. The number of fused-ring (bicyclic) bond motifs is 1. The van der Waals surface area contributed by atoms with Crippen LogP contribution in [0.25, 0.3) is 11.3 Å². The van der Waals surface area contributed by atoms with Crippen LogP contribution in [0.4, 0.5) is 10.2 Å². The van der Waals surface area contributed by atoms with E-state index in [-0.39, 0.29) is 23.5 Å². The van der Waals surface area contributed by atoms with Gasteiger partial charge < -0.3 is 10.3 Å². The second-order valence-corrected chi connectivity index (χ2v) is 9.71. The van der Waals surface area contributed by atoms with Crippen molar-refractivity contribution in [2.24, 2.45) is 11.3 Å². The van der Waals surface area contributed by atoms with Gasteiger partial charge in [0, 0.05) is 35.9 Å². The molecular formula is C26H26FN3O2. The number of nitrogens with zero attached hydrogens (tertiary/aromatic N) is 1. The molecule has 2 atom stereocenters. The fourth-order valence-electron chi connectivity index (χ4n) is 4.66. The number of rotatable bonds is 5. The monoisotopic (exact) mass is 431 g/mol. The topological polar surface area (TPSA) is 74.8 Å². The fraction of sp³-hybridized carbons (Fsp3) is 0.346. The summed E-state index contributed by atoms with van der Waals surface area (Å²) in [5.74, 6) is -0.368. The molecule has 2 aliphatic carbocycles. The number of benzene rings is 1. The molecular weight excluding hydrogens is 405 g/mol. The van der Waals surface area contributed by atoms with E-state index in [2.05, 4.69) is 41.3 Å². The molecule has 1 fully saturated rings. The summed E-state index contributed by atoms with van der Waals surface area (Å²) in [7, 11) is 0. The highest BCUT2D eigenvalue weighted by molar-refractivity contribution is 6.02. The highest BCUT2D eigenvalue weighted by Gasteiger charge is 2.43. The second kappa shape index (κ2) is 7.69. The van der Waals surface area contributed by atoms with Gasteiger partial charge in [-0.25, -0.2) is 9.37 Å². The van der Waals surface area contributed by atoms with Crippen molar-refractivity contribution in [3.05, 3.63) is 71.0 Å². The van der Waals surface area contributed by atoms with Crippen LogP contribution >= 0.6 is 0 Å². The summed E-state index contributed by atoms with van der Waals surface area (Å²) in [6.45, 7) is 4.22. The van der Waals surface area contributed by atoms with Gasteiger partial charge >= 0.3 is 0 Å². The van der Waals surface area contributed by atoms with Crippen molar-refractivity contribution < 1.29 is 14.0 Å². The SMILES string of the molecule is CC1(C)CC(=O)c2c([nH]c(-c3ccnc(NC(=O)[C@@H]4C[C@@H]4F)c3)c2Cc2ccccc2)C1. The van der Waals surface area contributed by atoms with E-state index in [4.69, 9.17) is 0 Å². The van der Waals surface area contributed by atoms with E-state index < -0.39 is 12.1 Å². The Bertz CT molecular complexity index is 1200. The van der Waals surface area contributed by atoms with Crippen molar-refractivity contribution in [1.82, 2.24) is 9.97 Å². The largest absolute Gasteiger partial charge is 0.358 e. The number of H-pyrrole nitrogens is 1. The van der Waals surface area contributed by atoms with Gasteiger partial charge in [0.05, 0.1) is 11.6 Å². The summed E-state index contributed by atoms with van der Waals surface area (Å²) < 4.78 is 13.2. The first kappa shape index (κ1) is 20.6. The molecule has 1 aromatic carbocycles. The third kappa shape index (κ3) is 3.97. The number of halogens is 1. The lowest BCUT2D eigenvalue weighted by Crippen LogP contribution is -2.27. The van der Waals surface area contributed by atoms with E-state index in [0.29, 0.717) is 18.7 Å². The lowest BCUT2D eigenvalue weighted by molar-refractivity contribution is -0.117. The Morgan fingerprint density at radius 3 is 2.69 bits per heavy atom. The molecule has 0 bridgehead atoms. The molecule has 0 spiro atoms. The molecule has 0 saturated heterocycles. The zero-order valence-corrected chi connectivity index (χ0v) is 18.2. The van der Waals surface area contributed by atoms with Crippen molar-refractivity contribution in [3.8, 4) is 11.3 Å². The molecule has 6 heteroatoms. The van der Waals surface area contributed by atoms with Crippen molar-refractivity contribution in [3.63, 3.8) is 0 Å². The predicted octanol–water partition coefficient (Wildman–Crippen LogP) is 5.12. The van der Waals surface area contributed by atoms with Crippen LogP contribution < -0.4 is 5.32 Å². The van der Waals surface area contributed by atoms with E-state index >= 15 is 0 Å². The number of carbonyl (C=O) groups excluding carboxylic acids is 2. The second-order valence-electron chi connectivity index (χ2n) is 9.71. The highest BCUT2D eigenvalue weighted by Crippen LogP contribution is 2.40. The molecule has 0 radical (unpaired) electrons. The number of amides is 1. The Labute approximate surface area is 186 Å². The van der Waals surface area contributed by atoms with Gasteiger partial charge in [-0.15, -0.1) is 0 Å². The number of pyridine rings is 1. The summed E-state index contributed by atoms with van der Waals surface area (Å²) in [4.78, 5) is 33.1. The average Bonchev–Trinajstić information content (AvgIpc) is 3.37. The molecule has 2 aromatic heterocycles. The molecule has 5 nitrogen and oxygen atoms in total. The number of nitrogens with one attached hydrogen (secondary N) is 2. The summed E-state index contributed by atoms with van der Waals surface area (Å²) >= 11 is 0. The minimum Gasteiger partial charge on any atom is -0.358 e. The van der Waals surface area contributed by atoms with Crippen LogP contribution in [-0.2, 0) is 17.6 Å². The first-order valence-corrected chi connectivity index (χ1v) is 11.0. The zero-order chi connectivity index (χ0) is 22.5. The number of hydrogen-bond donors (Lipinski definition) is 2. The number of alkyl halides is 1. The van der Waals surface area contributed by atoms with Crippen molar-refractivity contribution in [2.75, 3.05) is 5.32 Å². The number of ketones is 1. The van der Waals surface area contributed by atoms with Crippen molar-refractivity contribution in [1.29, 1.82) is 0 Å². The highest BCUT2D eigenvalue weighted by atomic mass is 19.1. The Morgan fingerprint density at radius 2 is 1.97 bits per heavy atom. The van der Waals surface area contributed by atoms with Crippen molar-refractivity contribution >= 4 is 17.5 Å². The van der Waals surface area contributed by atoms with Gasteiger partial charge in [-0.1, -0.05) is 44.2 Å². The van der Waals surface area contributed by atoms with E-state index in [1.807, 2.05) is 24.3 Å². The average molecular weight is 432 g/mol. The predicted molar refractivity (Wildman–Crippen MR) is 121 cm³/mol. The van der Waals surface area contributed by atoms with Gasteiger partial charge in [-0.05, 0) is 41.5 Å². The van der Waals surface area contributed by atoms with Gasteiger partial charge in [-0.3, -0.25) is 9.59 Å². The van der Waals surface area contributed by atoms with Crippen molar-refractivity contribution in [2.45, 2.75) is 45.7 Å². The molecule has 32 heavy (non-hydrogen) atoms. The van der Waals surface area contributed by atoms with Crippen LogP contribution in [0.3, 0.4) is 0 Å². The molecule has 0 aliphatic heterocycles. The van der Waals surface area contributed by atoms with Crippen LogP contribution in [0.15, 0.2) is 48.7 Å². The fourth-order valence-corrected chi connectivity index (χ4v) is 4.66. The van der Waals surface area contributed by atoms with Gasteiger partial charge in [0.1, 0.15) is 12.0 Å². The third-order valence-corrected chi connectivity index (χ3v) is 6.33. The lowest BCUT2D eigenvalue weighted by atomic mass is 9.75. The summed E-state index contributed by atoms with van der Waals surface area (Å²) in [6.07, 6.45) is 2.78. The van der Waals surface area contributed by atoms with Crippen LogP contribution in [0.5, 0.6) is 0 Å². The van der Waals surface area contributed by atoms with Crippen LogP contribution in [0.2, 0.25) is 0 Å². The normalized spacial score (nSPS) is 21.2. The molecule has 5 rings (SSSR count). The van der Waals surface area contributed by atoms with E-state index in [0.717, 1.165) is 40.1 Å². The van der Waals surface area contributed by atoms with Gasteiger partial charge in [0.15, 0.2) is 5.78 Å². The third-order valence-electron chi connectivity index (χ3n) is 6.33. The Morgan fingerprint density at radius 1 is 1.22 bits per heavy atom. The molecule has 2 heterocycles. The number of aromatic nitrogens is 2. The zero-order valence-electron chi connectivity index (χ0n) is 18.2. The molecule has 0 unspecified atom stereocenters. The lowest BCUT2D eigenvalue weighted by Gasteiger charge is -2.28. The Balaban J connectivity index is 1.55.